The SMILES string of the molecule is Cc1nc2c(OCc3c(F)cccc3F)cccn2c1C(=O)CCCO. The lowest BCUT2D eigenvalue weighted by molar-refractivity contribution is 0.0965. The number of hydrogen-bond donors (Lipinski definition) is 1. The normalized spacial score (nSPS) is 11.1. The van der Waals surface area contributed by atoms with E-state index >= 15 is 0 Å². The Bertz CT molecular complexity index is 933. The van der Waals surface area contributed by atoms with E-state index in [1.807, 2.05) is 0 Å². The van der Waals surface area contributed by atoms with Crippen LogP contribution in [0.5, 0.6) is 5.75 Å². The van der Waals surface area contributed by atoms with Gasteiger partial charge in [0.05, 0.1) is 11.3 Å². The summed E-state index contributed by atoms with van der Waals surface area (Å²) in [6, 6.07) is 6.92. The number of ether oxygens (including phenoxy) is 1. The van der Waals surface area contributed by atoms with Crippen molar-refractivity contribution in [1.29, 1.82) is 0 Å². The number of aryl methyl sites for hydroxylation is 1. The number of fused-ring (bicyclic) bond motifs is 1. The van der Waals surface area contributed by atoms with E-state index in [2.05, 4.69) is 4.98 Å². The third-order valence-electron chi connectivity index (χ3n) is 4.05. The molecular formula is C19H18F2N2O3. The van der Waals surface area contributed by atoms with Crippen LogP contribution >= 0.6 is 0 Å². The number of aliphatic hydroxyl groups excluding tert-OH is 1. The summed E-state index contributed by atoms with van der Waals surface area (Å²) in [5.41, 5.74) is 1.17. The first kappa shape index (κ1) is 18.0. The predicted molar refractivity (Wildman–Crippen MR) is 91.3 cm³/mol. The highest BCUT2D eigenvalue weighted by molar-refractivity contribution is 5.96. The second-order valence-electron chi connectivity index (χ2n) is 5.85. The van der Waals surface area contributed by atoms with Crippen LogP contribution < -0.4 is 4.74 Å². The van der Waals surface area contributed by atoms with Crippen LogP contribution in [0, 0.1) is 18.6 Å². The van der Waals surface area contributed by atoms with Crippen molar-refractivity contribution in [2.75, 3.05) is 6.61 Å². The predicted octanol–water partition coefficient (Wildman–Crippen LogP) is 3.46. The Morgan fingerprint density at radius 3 is 2.65 bits per heavy atom. The molecule has 0 aliphatic rings. The Morgan fingerprint density at radius 1 is 1.23 bits per heavy atom. The topological polar surface area (TPSA) is 63.8 Å². The Kier molecular flexibility index (Phi) is 5.27. The van der Waals surface area contributed by atoms with Crippen molar-refractivity contribution < 1.29 is 23.4 Å². The van der Waals surface area contributed by atoms with Gasteiger partial charge in [0.15, 0.2) is 17.2 Å². The summed E-state index contributed by atoms with van der Waals surface area (Å²) < 4.78 is 34.7. The maximum atomic E-state index is 13.8. The number of Topliss-reactive ketones (excluding diaryl/α,β-unsaturated/α-hetero) is 1. The third-order valence-corrected chi connectivity index (χ3v) is 4.05. The summed E-state index contributed by atoms with van der Waals surface area (Å²) in [6.45, 7) is 1.35. The minimum Gasteiger partial charge on any atom is -0.485 e. The van der Waals surface area contributed by atoms with Crippen LogP contribution in [0.2, 0.25) is 0 Å². The molecular weight excluding hydrogens is 342 g/mol. The van der Waals surface area contributed by atoms with Gasteiger partial charge in [-0.2, -0.15) is 0 Å². The van der Waals surface area contributed by atoms with Crippen LogP contribution in [0.15, 0.2) is 36.5 Å². The number of benzene rings is 1. The molecule has 0 bridgehead atoms. The lowest BCUT2D eigenvalue weighted by atomic mass is 10.1. The van der Waals surface area contributed by atoms with E-state index in [4.69, 9.17) is 9.84 Å². The highest BCUT2D eigenvalue weighted by Gasteiger charge is 2.19. The molecule has 0 saturated heterocycles. The molecule has 5 nitrogen and oxygen atoms in total. The number of pyridine rings is 1. The Morgan fingerprint density at radius 2 is 1.96 bits per heavy atom. The van der Waals surface area contributed by atoms with Crippen LogP contribution in [0.1, 0.15) is 34.6 Å². The van der Waals surface area contributed by atoms with E-state index in [9.17, 15) is 13.6 Å². The van der Waals surface area contributed by atoms with E-state index in [1.54, 1.807) is 29.7 Å². The third kappa shape index (κ3) is 3.43. The second kappa shape index (κ2) is 7.61. The molecule has 0 atom stereocenters. The molecule has 26 heavy (non-hydrogen) atoms. The van der Waals surface area contributed by atoms with Crippen molar-refractivity contribution >= 4 is 11.4 Å². The van der Waals surface area contributed by atoms with E-state index in [1.165, 1.54) is 18.2 Å². The largest absolute Gasteiger partial charge is 0.485 e. The van der Waals surface area contributed by atoms with E-state index < -0.39 is 11.6 Å². The number of carbonyl (C=O) groups excluding carboxylic acids is 1. The maximum Gasteiger partial charge on any atom is 0.181 e. The van der Waals surface area contributed by atoms with Crippen molar-refractivity contribution in [2.45, 2.75) is 26.4 Å². The molecule has 0 unspecified atom stereocenters. The van der Waals surface area contributed by atoms with Gasteiger partial charge in [0.25, 0.3) is 0 Å². The van der Waals surface area contributed by atoms with E-state index in [0.29, 0.717) is 29.2 Å². The number of halogens is 2. The highest BCUT2D eigenvalue weighted by atomic mass is 19.1. The van der Waals surface area contributed by atoms with Crippen molar-refractivity contribution in [1.82, 2.24) is 9.38 Å². The fraction of sp³-hybridized carbons (Fsp3) is 0.263. The number of aromatic nitrogens is 2. The van der Waals surface area contributed by atoms with Gasteiger partial charge in [0.2, 0.25) is 0 Å². The molecule has 0 amide bonds. The first-order chi connectivity index (χ1) is 12.5. The van der Waals surface area contributed by atoms with Gasteiger partial charge in [-0.15, -0.1) is 0 Å². The molecule has 1 N–H and O–H groups in total. The summed E-state index contributed by atoms with van der Waals surface area (Å²) in [7, 11) is 0. The molecule has 0 aliphatic heterocycles. The van der Waals surface area contributed by atoms with E-state index in [-0.39, 0.29) is 31.0 Å². The lowest BCUT2D eigenvalue weighted by Gasteiger charge is -2.09. The number of imidazole rings is 1. The molecule has 0 fully saturated rings. The molecule has 2 heterocycles. The summed E-state index contributed by atoms with van der Waals surface area (Å²) in [4.78, 5) is 16.7. The first-order valence-electron chi connectivity index (χ1n) is 8.20. The van der Waals surface area contributed by atoms with Crippen LogP contribution in [-0.2, 0) is 6.61 Å². The molecule has 136 valence electrons. The van der Waals surface area contributed by atoms with Gasteiger partial charge in [-0.1, -0.05) is 6.07 Å². The summed E-state index contributed by atoms with van der Waals surface area (Å²) >= 11 is 0. The molecule has 1 aromatic carbocycles. The Balaban J connectivity index is 1.92. The average molecular weight is 360 g/mol. The van der Waals surface area contributed by atoms with Crippen molar-refractivity contribution in [3.05, 3.63) is 65.1 Å². The zero-order valence-electron chi connectivity index (χ0n) is 14.2. The van der Waals surface area contributed by atoms with Gasteiger partial charge >= 0.3 is 0 Å². The zero-order chi connectivity index (χ0) is 18.7. The average Bonchev–Trinajstić information content (AvgIpc) is 2.96. The van der Waals surface area contributed by atoms with Gasteiger partial charge in [-0.3, -0.25) is 9.20 Å². The standard InChI is InChI=1S/C19H18F2N2O3/c1-12-18(16(25)7-4-10-24)23-9-3-8-17(19(23)22-12)26-11-13-14(20)5-2-6-15(13)21/h2-3,5-6,8-9,24H,4,7,10-11H2,1H3. The van der Waals surface area contributed by atoms with Crippen LogP contribution in [0.3, 0.4) is 0 Å². The Hall–Kier alpha value is -2.80. The quantitative estimate of drug-likeness (QED) is 0.656. The molecule has 3 aromatic rings. The summed E-state index contributed by atoms with van der Waals surface area (Å²) in [5.74, 6) is -1.19. The number of rotatable bonds is 7. The second-order valence-corrected chi connectivity index (χ2v) is 5.85. The molecule has 0 aliphatic carbocycles. The smallest absolute Gasteiger partial charge is 0.181 e. The fourth-order valence-corrected chi connectivity index (χ4v) is 2.78. The number of hydrogen-bond acceptors (Lipinski definition) is 4. The molecule has 0 spiro atoms. The molecule has 0 saturated carbocycles. The lowest BCUT2D eigenvalue weighted by Crippen LogP contribution is -2.07. The van der Waals surface area contributed by atoms with Gasteiger partial charge < -0.3 is 9.84 Å². The molecule has 3 rings (SSSR count). The summed E-state index contributed by atoms with van der Waals surface area (Å²) in [6.07, 6.45) is 2.25. The zero-order valence-corrected chi connectivity index (χ0v) is 14.2. The number of aliphatic hydroxyl groups is 1. The number of ketones is 1. The Labute approximate surface area is 148 Å². The molecule has 7 heteroatoms. The van der Waals surface area contributed by atoms with Crippen LogP contribution in [0.4, 0.5) is 8.78 Å². The van der Waals surface area contributed by atoms with Gasteiger partial charge in [-0.25, -0.2) is 13.8 Å². The number of nitrogens with zero attached hydrogens (tertiary/aromatic N) is 2. The minimum absolute atomic E-state index is 0.0654. The highest BCUT2D eigenvalue weighted by Crippen LogP contribution is 2.25. The first-order valence-corrected chi connectivity index (χ1v) is 8.20. The molecule has 2 aromatic heterocycles. The maximum absolute atomic E-state index is 13.8. The van der Waals surface area contributed by atoms with Gasteiger partial charge in [0.1, 0.15) is 23.9 Å². The number of carbonyl (C=O) groups is 1. The summed E-state index contributed by atoms with van der Waals surface area (Å²) in [5, 5.41) is 8.91. The van der Waals surface area contributed by atoms with Gasteiger partial charge in [0, 0.05) is 19.2 Å². The van der Waals surface area contributed by atoms with Crippen molar-refractivity contribution in [3.8, 4) is 5.75 Å². The fourth-order valence-electron chi connectivity index (χ4n) is 2.78. The van der Waals surface area contributed by atoms with E-state index in [0.717, 1.165) is 0 Å². The molecule has 0 radical (unpaired) electrons. The van der Waals surface area contributed by atoms with Gasteiger partial charge in [-0.05, 0) is 37.6 Å². The van der Waals surface area contributed by atoms with Crippen molar-refractivity contribution in [3.63, 3.8) is 0 Å². The van der Waals surface area contributed by atoms with Crippen LogP contribution in [-0.4, -0.2) is 26.9 Å². The minimum atomic E-state index is -0.684. The van der Waals surface area contributed by atoms with Crippen LogP contribution in [0.25, 0.3) is 5.65 Å². The van der Waals surface area contributed by atoms with Crippen molar-refractivity contribution in [2.24, 2.45) is 0 Å². The monoisotopic (exact) mass is 360 g/mol.